The molecule has 3 fully saturated rings. The molecular formula is C25H35N3O4. The average Bonchev–Trinajstić information content (AvgIpc) is 2.82. The van der Waals surface area contributed by atoms with Crippen molar-refractivity contribution in [2.75, 3.05) is 33.4 Å². The van der Waals surface area contributed by atoms with Gasteiger partial charge < -0.3 is 19.7 Å². The highest BCUT2D eigenvalue weighted by atomic mass is 16.5. The topological polar surface area (TPSA) is 71.1 Å². The van der Waals surface area contributed by atoms with Crippen LogP contribution < -0.4 is 10.1 Å². The van der Waals surface area contributed by atoms with Gasteiger partial charge in [-0.1, -0.05) is 18.2 Å². The predicted octanol–water partition coefficient (Wildman–Crippen LogP) is 2.30. The smallest absolute Gasteiger partial charge is 0.260 e. The highest BCUT2D eigenvalue weighted by Gasteiger charge is 2.39. The Morgan fingerprint density at radius 2 is 1.88 bits per heavy atom. The van der Waals surface area contributed by atoms with Crippen molar-refractivity contribution < 1.29 is 19.1 Å². The number of hydrogen-bond donors (Lipinski definition) is 1. The summed E-state index contributed by atoms with van der Waals surface area (Å²) < 4.78 is 12.5. The monoisotopic (exact) mass is 441 g/mol. The van der Waals surface area contributed by atoms with Crippen molar-refractivity contribution in [1.29, 1.82) is 0 Å². The zero-order valence-corrected chi connectivity index (χ0v) is 19.0. The van der Waals surface area contributed by atoms with Crippen LogP contribution in [-0.2, 0) is 14.3 Å². The molecular weight excluding hydrogens is 406 g/mol. The van der Waals surface area contributed by atoms with Crippen LogP contribution in [0.2, 0.25) is 0 Å². The Morgan fingerprint density at radius 1 is 1.06 bits per heavy atom. The fourth-order valence-corrected chi connectivity index (χ4v) is 5.81. The number of piperidine rings is 1. The van der Waals surface area contributed by atoms with Gasteiger partial charge in [0.25, 0.3) is 5.91 Å². The minimum absolute atomic E-state index is 0.0235. The standard InChI is InChI=1S/C25H35N3O4/c1-27-14-12-21(27)25(30)26-20-6-4-13-28-22(20)15-31-18-10-8-17(9-11-18)19-5-2-3-7-23(19)32-16-24(28)29/h2-3,5,7,17-18,20-22H,4,6,8-16H2,1H3,(H,26,30)/t17?,18?,20-,21?,22?/m0/s1. The molecule has 1 aliphatic carbocycles. The molecule has 1 saturated carbocycles. The Kier molecular flexibility index (Phi) is 6.37. The number of fused-ring (bicyclic) bond motifs is 5. The van der Waals surface area contributed by atoms with E-state index in [9.17, 15) is 9.59 Å². The molecule has 32 heavy (non-hydrogen) atoms. The zero-order valence-electron chi connectivity index (χ0n) is 19.0. The van der Waals surface area contributed by atoms with Crippen LogP contribution in [0.1, 0.15) is 56.4 Å². The van der Waals surface area contributed by atoms with Gasteiger partial charge in [-0.25, -0.2) is 0 Å². The van der Waals surface area contributed by atoms with Gasteiger partial charge in [0.15, 0.2) is 6.61 Å². The summed E-state index contributed by atoms with van der Waals surface area (Å²) in [5, 5.41) is 3.26. The van der Waals surface area contributed by atoms with E-state index in [0.717, 1.165) is 57.2 Å². The number of rotatable bonds is 2. The summed E-state index contributed by atoms with van der Waals surface area (Å²) in [6.07, 6.45) is 7.03. The highest BCUT2D eigenvalue weighted by Crippen LogP contribution is 2.39. The van der Waals surface area contributed by atoms with E-state index in [-0.39, 0.29) is 42.7 Å². The number of likely N-dealkylation sites (N-methyl/N-ethyl adjacent to an activating group) is 1. The molecule has 1 N–H and O–H groups in total. The lowest BCUT2D eigenvalue weighted by Gasteiger charge is -2.44. The van der Waals surface area contributed by atoms with Gasteiger partial charge in [-0.3, -0.25) is 14.5 Å². The van der Waals surface area contributed by atoms with E-state index >= 15 is 0 Å². The minimum atomic E-state index is -0.150. The van der Waals surface area contributed by atoms with Crippen LogP contribution in [-0.4, -0.2) is 79.2 Å². The number of ether oxygens (including phenoxy) is 2. The van der Waals surface area contributed by atoms with Gasteiger partial charge in [-0.15, -0.1) is 0 Å². The van der Waals surface area contributed by atoms with E-state index in [2.05, 4.69) is 22.3 Å². The predicted molar refractivity (Wildman–Crippen MR) is 121 cm³/mol. The molecule has 2 bridgehead atoms. The molecule has 2 saturated heterocycles. The summed E-state index contributed by atoms with van der Waals surface area (Å²) in [7, 11) is 1.98. The number of hydrogen-bond acceptors (Lipinski definition) is 5. The van der Waals surface area contributed by atoms with E-state index in [1.54, 1.807) is 0 Å². The van der Waals surface area contributed by atoms with Crippen LogP contribution in [0.5, 0.6) is 5.75 Å². The molecule has 2 unspecified atom stereocenters. The molecule has 2 amide bonds. The third-order valence-electron chi connectivity index (χ3n) is 7.90. The highest BCUT2D eigenvalue weighted by molar-refractivity contribution is 5.83. The molecule has 6 rings (SSSR count). The maximum atomic E-state index is 13.2. The number of para-hydroxylation sites is 1. The van der Waals surface area contributed by atoms with Gasteiger partial charge in [0.05, 0.1) is 30.8 Å². The van der Waals surface area contributed by atoms with E-state index in [1.165, 1.54) is 5.56 Å². The van der Waals surface area contributed by atoms with E-state index < -0.39 is 0 Å². The van der Waals surface area contributed by atoms with Crippen molar-refractivity contribution in [3.05, 3.63) is 29.8 Å². The van der Waals surface area contributed by atoms with Crippen LogP contribution in [0.15, 0.2) is 24.3 Å². The molecule has 0 radical (unpaired) electrons. The Bertz CT molecular complexity index is 838. The van der Waals surface area contributed by atoms with Crippen LogP contribution in [0.25, 0.3) is 0 Å². The Labute approximate surface area is 190 Å². The number of nitrogens with zero attached hydrogens (tertiary/aromatic N) is 2. The van der Waals surface area contributed by atoms with Crippen LogP contribution in [0.4, 0.5) is 0 Å². The average molecular weight is 442 g/mol. The normalized spacial score (nSPS) is 33.5. The molecule has 1 aromatic carbocycles. The van der Waals surface area contributed by atoms with Gasteiger partial charge in [-0.2, -0.15) is 0 Å². The quantitative estimate of drug-likeness (QED) is 0.763. The first-order chi connectivity index (χ1) is 15.6. The number of carbonyl (C=O) groups excluding carboxylic acids is 2. The largest absolute Gasteiger partial charge is 0.483 e. The second kappa shape index (κ2) is 9.40. The number of carbonyl (C=O) groups is 2. The molecule has 0 aromatic heterocycles. The second-order valence-electron chi connectivity index (χ2n) is 9.83. The molecule has 7 nitrogen and oxygen atoms in total. The van der Waals surface area contributed by atoms with E-state index in [4.69, 9.17) is 9.47 Å². The van der Waals surface area contributed by atoms with Crippen molar-refractivity contribution in [3.8, 4) is 5.75 Å². The Balaban J connectivity index is 1.36. The summed E-state index contributed by atoms with van der Waals surface area (Å²) in [4.78, 5) is 30.0. The fourth-order valence-electron chi connectivity index (χ4n) is 5.81. The summed E-state index contributed by atoms with van der Waals surface area (Å²) in [6.45, 7) is 2.14. The van der Waals surface area contributed by atoms with Crippen LogP contribution in [0, 0.1) is 0 Å². The maximum Gasteiger partial charge on any atom is 0.260 e. The minimum Gasteiger partial charge on any atom is -0.483 e. The molecule has 5 aliphatic rings. The lowest BCUT2D eigenvalue weighted by atomic mass is 9.82. The first-order valence-corrected chi connectivity index (χ1v) is 12.2. The number of benzene rings is 1. The molecule has 174 valence electrons. The van der Waals surface area contributed by atoms with Crippen LogP contribution in [0.3, 0.4) is 0 Å². The van der Waals surface area contributed by atoms with Crippen molar-refractivity contribution in [3.63, 3.8) is 0 Å². The van der Waals surface area contributed by atoms with Crippen molar-refractivity contribution in [1.82, 2.24) is 15.1 Å². The summed E-state index contributed by atoms with van der Waals surface area (Å²) in [6, 6.07) is 7.87. The van der Waals surface area contributed by atoms with Crippen LogP contribution >= 0.6 is 0 Å². The lowest BCUT2D eigenvalue weighted by Crippen LogP contribution is -2.63. The SMILES string of the molecule is CN1CCC1C(=O)N[C@H]1CCCN2C(=O)COc3ccccc3C3CCC(CC3)OCC12. The maximum absolute atomic E-state index is 13.2. The molecule has 0 spiro atoms. The third-order valence-corrected chi connectivity index (χ3v) is 7.90. The summed E-state index contributed by atoms with van der Waals surface area (Å²) in [5.74, 6) is 1.33. The molecule has 4 aliphatic heterocycles. The van der Waals surface area contributed by atoms with Gasteiger partial charge in [0, 0.05) is 13.1 Å². The Hall–Kier alpha value is -2.12. The molecule has 3 atom stereocenters. The number of amides is 2. The van der Waals surface area contributed by atoms with Crippen molar-refractivity contribution in [2.24, 2.45) is 0 Å². The third kappa shape index (κ3) is 4.37. The zero-order chi connectivity index (χ0) is 22.1. The fraction of sp³-hybridized carbons (Fsp3) is 0.680. The van der Waals surface area contributed by atoms with E-state index in [0.29, 0.717) is 19.1 Å². The first-order valence-electron chi connectivity index (χ1n) is 12.2. The second-order valence-corrected chi connectivity index (χ2v) is 9.83. The number of nitrogens with one attached hydrogen (secondary N) is 1. The summed E-state index contributed by atoms with van der Waals surface area (Å²) >= 11 is 0. The van der Waals surface area contributed by atoms with Gasteiger partial charge in [-0.05, 0) is 69.5 Å². The lowest BCUT2D eigenvalue weighted by molar-refractivity contribution is -0.143. The summed E-state index contributed by atoms with van der Waals surface area (Å²) in [5.41, 5.74) is 1.21. The van der Waals surface area contributed by atoms with E-state index in [1.807, 2.05) is 24.1 Å². The van der Waals surface area contributed by atoms with Crippen molar-refractivity contribution >= 4 is 11.8 Å². The Morgan fingerprint density at radius 3 is 2.62 bits per heavy atom. The molecule has 1 aromatic rings. The van der Waals surface area contributed by atoms with Gasteiger partial charge in [0.2, 0.25) is 5.91 Å². The first kappa shape index (κ1) is 21.7. The van der Waals surface area contributed by atoms with Gasteiger partial charge in [0.1, 0.15) is 5.75 Å². The van der Waals surface area contributed by atoms with Crippen molar-refractivity contribution in [2.45, 2.75) is 75.1 Å². The molecule has 4 heterocycles. The number of likely N-dealkylation sites (tertiary alicyclic amines) is 1. The van der Waals surface area contributed by atoms with Gasteiger partial charge >= 0.3 is 0 Å². The molecule has 7 heteroatoms.